The van der Waals surface area contributed by atoms with E-state index in [2.05, 4.69) is 34.8 Å². The second-order valence-corrected chi connectivity index (χ2v) is 4.62. The van der Waals surface area contributed by atoms with Crippen molar-refractivity contribution in [1.82, 2.24) is 5.43 Å². The summed E-state index contributed by atoms with van der Waals surface area (Å²) in [5, 5.41) is 6.37. The fraction of sp³-hybridized carbons (Fsp3) is 0.200. The van der Waals surface area contributed by atoms with Crippen LogP contribution in [0.25, 0.3) is 10.8 Å². The lowest BCUT2D eigenvalue weighted by atomic mass is 10.1. The summed E-state index contributed by atoms with van der Waals surface area (Å²) in [6.45, 7) is 0. The van der Waals surface area contributed by atoms with E-state index in [4.69, 9.17) is 0 Å². The fourth-order valence-corrected chi connectivity index (χ4v) is 1.90. The molecule has 0 radical (unpaired) electrons. The summed E-state index contributed by atoms with van der Waals surface area (Å²) < 4.78 is 0. The lowest BCUT2D eigenvalue weighted by Gasteiger charge is -1.99. The van der Waals surface area contributed by atoms with Crippen molar-refractivity contribution in [2.45, 2.75) is 12.8 Å². The zero-order valence-electron chi connectivity index (χ0n) is 9.97. The van der Waals surface area contributed by atoms with Gasteiger partial charge < -0.3 is 0 Å². The molecule has 0 heterocycles. The smallest absolute Gasteiger partial charge is 0.243 e. The molecular formula is C15H14N2O. The first-order valence-electron chi connectivity index (χ1n) is 6.15. The normalized spacial score (nSPS) is 15.1. The Morgan fingerprint density at radius 2 is 1.94 bits per heavy atom. The van der Waals surface area contributed by atoms with Crippen LogP contribution >= 0.6 is 0 Å². The molecule has 0 aromatic heterocycles. The molecule has 1 saturated carbocycles. The van der Waals surface area contributed by atoms with E-state index in [1.807, 2.05) is 18.2 Å². The van der Waals surface area contributed by atoms with Crippen molar-refractivity contribution in [3.8, 4) is 0 Å². The Morgan fingerprint density at radius 1 is 1.17 bits per heavy atom. The van der Waals surface area contributed by atoms with Crippen LogP contribution in [0.1, 0.15) is 18.4 Å². The molecule has 90 valence electrons. The number of nitrogens with one attached hydrogen (secondary N) is 1. The van der Waals surface area contributed by atoms with E-state index in [1.54, 1.807) is 6.21 Å². The van der Waals surface area contributed by atoms with Crippen molar-refractivity contribution in [2.24, 2.45) is 11.0 Å². The maximum atomic E-state index is 11.4. The molecule has 0 aliphatic heterocycles. The first-order valence-corrected chi connectivity index (χ1v) is 6.15. The highest BCUT2D eigenvalue weighted by Crippen LogP contribution is 2.28. The summed E-state index contributed by atoms with van der Waals surface area (Å²) in [4.78, 5) is 11.4. The predicted molar refractivity (Wildman–Crippen MR) is 72.4 cm³/mol. The highest BCUT2D eigenvalue weighted by atomic mass is 16.2. The van der Waals surface area contributed by atoms with E-state index in [0.29, 0.717) is 0 Å². The van der Waals surface area contributed by atoms with Gasteiger partial charge in [0.1, 0.15) is 0 Å². The Bertz CT molecular complexity index is 615. The summed E-state index contributed by atoms with van der Waals surface area (Å²) in [7, 11) is 0. The van der Waals surface area contributed by atoms with Crippen LogP contribution in [0.15, 0.2) is 47.6 Å². The molecule has 2 aromatic carbocycles. The molecule has 3 heteroatoms. The Kier molecular flexibility index (Phi) is 2.81. The highest BCUT2D eigenvalue weighted by molar-refractivity contribution is 5.91. The third kappa shape index (κ3) is 2.40. The standard InChI is InChI=1S/C15H14N2O/c18-15(13-7-8-13)17-16-10-11-5-6-12-3-1-2-4-14(12)9-11/h1-6,9-10,13H,7-8H2,(H,17,18)/b16-10+. The van der Waals surface area contributed by atoms with Gasteiger partial charge in [-0.05, 0) is 35.2 Å². The van der Waals surface area contributed by atoms with Crippen LogP contribution in [0, 0.1) is 5.92 Å². The van der Waals surface area contributed by atoms with Gasteiger partial charge in [-0.15, -0.1) is 0 Å². The average molecular weight is 238 g/mol. The number of carbonyl (C=O) groups excluding carboxylic acids is 1. The zero-order chi connectivity index (χ0) is 12.4. The number of fused-ring (bicyclic) bond motifs is 1. The third-order valence-corrected chi connectivity index (χ3v) is 3.11. The molecule has 3 rings (SSSR count). The molecule has 0 spiro atoms. The minimum absolute atomic E-state index is 0.0343. The molecule has 1 amide bonds. The predicted octanol–water partition coefficient (Wildman–Crippen LogP) is 2.70. The van der Waals surface area contributed by atoms with Crippen LogP contribution in [0.2, 0.25) is 0 Å². The molecule has 18 heavy (non-hydrogen) atoms. The van der Waals surface area contributed by atoms with Gasteiger partial charge in [-0.3, -0.25) is 4.79 Å². The van der Waals surface area contributed by atoms with Gasteiger partial charge in [0, 0.05) is 5.92 Å². The second-order valence-electron chi connectivity index (χ2n) is 4.62. The summed E-state index contributed by atoms with van der Waals surface area (Å²) >= 11 is 0. The maximum Gasteiger partial charge on any atom is 0.243 e. The van der Waals surface area contributed by atoms with Gasteiger partial charge in [0.15, 0.2) is 0 Å². The number of hydrogen-bond acceptors (Lipinski definition) is 2. The Labute approximate surface area is 106 Å². The van der Waals surface area contributed by atoms with Gasteiger partial charge in [0.25, 0.3) is 0 Å². The largest absolute Gasteiger partial charge is 0.273 e. The van der Waals surface area contributed by atoms with Crippen LogP contribution in [-0.2, 0) is 4.79 Å². The van der Waals surface area contributed by atoms with E-state index in [1.165, 1.54) is 10.8 Å². The van der Waals surface area contributed by atoms with Gasteiger partial charge in [0.2, 0.25) is 5.91 Å². The first-order chi connectivity index (χ1) is 8.83. The zero-order valence-corrected chi connectivity index (χ0v) is 9.97. The number of hydrazone groups is 1. The van der Waals surface area contributed by atoms with E-state index >= 15 is 0 Å². The molecule has 1 N–H and O–H groups in total. The molecule has 0 bridgehead atoms. The van der Waals surface area contributed by atoms with Crippen molar-refractivity contribution < 1.29 is 4.79 Å². The number of hydrogen-bond donors (Lipinski definition) is 1. The van der Waals surface area contributed by atoms with Crippen LogP contribution in [-0.4, -0.2) is 12.1 Å². The van der Waals surface area contributed by atoms with Crippen LogP contribution < -0.4 is 5.43 Å². The summed E-state index contributed by atoms with van der Waals surface area (Å²) in [5.74, 6) is 0.228. The van der Waals surface area contributed by atoms with E-state index in [9.17, 15) is 4.79 Å². The van der Waals surface area contributed by atoms with Gasteiger partial charge in [-0.2, -0.15) is 5.10 Å². The van der Waals surface area contributed by atoms with E-state index in [0.717, 1.165) is 18.4 Å². The molecule has 1 fully saturated rings. The third-order valence-electron chi connectivity index (χ3n) is 3.11. The van der Waals surface area contributed by atoms with E-state index < -0.39 is 0 Å². The SMILES string of the molecule is O=C(N/N=C/c1ccc2ccccc2c1)C1CC1. The molecule has 1 aliphatic carbocycles. The van der Waals surface area contributed by atoms with E-state index in [-0.39, 0.29) is 11.8 Å². The fourth-order valence-electron chi connectivity index (χ4n) is 1.90. The summed E-state index contributed by atoms with van der Waals surface area (Å²) in [6.07, 6.45) is 3.68. The number of amides is 1. The lowest BCUT2D eigenvalue weighted by molar-refractivity contribution is -0.122. The maximum absolute atomic E-state index is 11.4. The van der Waals surface area contributed by atoms with Crippen molar-refractivity contribution in [3.05, 3.63) is 48.0 Å². The van der Waals surface area contributed by atoms with Gasteiger partial charge in [0.05, 0.1) is 6.21 Å². The average Bonchev–Trinajstić information content (AvgIpc) is 3.23. The monoisotopic (exact) mass is 238 g/mol. The quantitative estimate of drug-likeness (QED) is 0.648. The Balaban J connectivity index is 1.73. The van der Waals surface area contributed by atoms with Crippen molar-refractivity contribution in [2.75, 3.05) is 0 Å². The topological polar surface area (TPSA) is 41.5 Å². The second kappa shape index (κ2) is 4.61. The molecule has 2 aromatic rings. The van der Waals surface area contributed by atoms with Crippen molar-refractivity contribution >= 4 is 22.9 Å². The van der Waals surface area contributed by atoms with Crippen LogP contribution in [0.4, 0.5) is 0 Å². The first kappa shape index (κ1) is 11.0. The minimum Gasteiger partial charge on any atom is -0.273 e. The van der Waals surface area contributed by atoms with Crippen LogP contribution in [0.5, 0.6) is 0 Å². The lowest BCUT2D eigenvalue weighted by Crippen LogP contribution is -2.18. The highest BCUT2D eigenvalue weighted by Gasteiger charge is 2.29. The van der Waals surface area contributed by atoms with Gasteiger partial charge in [-0.1, -0.05) is 36.4 Å². The number of carbonyl (C=O) groups is 1. The van der Waals surface area contributed by atoms with Gasteiger partial charge in [-0.25, -0.2) is 5.43 Å². The number of benzene rings is 2. The molecular weight excluding hydrogens is 224 g/mol. The molecule has 3 nitrogen and oxygen atoms in total. The van der Waals surface area contributed by atoms with Gasteiger partial charge >= 0.3 is 0 Å². The minimum atomic E-state index is 0.0343. The summed E-state index contributed by atoms with van der Waals surface area (Å²) in [6, 6.07) is 14.3. The Hall–Kier alpha value is -2.16. The van der Waals surface area contributed by atoms with Crippen LogP contribution in [0.3, 0.4) is 0 Å². The number of rotatable bonds is 3. The molecule has 0 saturated heterocycles. The summed E-state index contributed by atoms with van der Waals surface area (Å²) in [5.41, 5.74) is 3.56. The van der Waals surface area contributed by atoms with Crippen molar-refractivity contribution in [1.29, 1.82) is 0 Å². The molecule has 1 aliphatic rings. The number of nitrogens with zero attached hydrogens (tertiary/aromatic N) is 1. The molecule has 0 atom stereocenters. The Morgan fingerprint density at radius 3 is 2.72 bits per heavy atom. The van der Waals surface area contributed by atoms with Crippen molar-refractivity contribution in [3.63, 3.8) is 0 Å². The molecule has 0 unspecified atom stereocenters.